The van der Waals surface area contributed by atoms with E-state index < -0.39 is 5.91 Å². The van der Waals surface area contributed by atoms with Gasteiger partial charge in [0.2, 0.25) is 0 Å². The second-order valence-corrected chi connectivity index (χ2v) is 3.88. The van der Waals surface area contributed by atoms with Crippen LogP contribution in [0.1, 0.15) is 5.56 Å². The number of amides is 1. The molecule has 0 radical (unpaired) electrons. The summed E-state index contributed by atoms with van der Waals surface area (Å²) in [6.07, 6.45) is 0. The Kier molecular flexibility index (Phi) is 2.27. The van der Waals surface area contributed by atoms with Crippen molar-refractivity contribution in [3.63, 3.8) is 0 Å². The van der Waals surface area contributed by atoms with E-state index in [0.29, 0.717) is 16.2 Å². The zero-order valence-electron chi connectivity index (χ0n) is 7.65. The summed E-state index contributed by atoms with van der Waals surface area (Å²) in [5, 5.41) is 0.485. The zero-order chi connectivity index (χ0) is 10.8. The first kappa shape index (κ1) is 9.49. The van der Waals surface area contributed by atoms with Crippen LogP contribution in [0.3, 0.4) is 0 Å². The highest BCUT2D eigenvalue weighted by Crippen LogP contribution is 2.25. The molecule has 0 fully saturated rings. The third kappa shape index (κ3) is 1.90. The van der Waals surface area contributed by atoms with E-state index >= 15 is 0 Å². The number of hydrogen-bond donors (Lipinski definition) is 2. The molecule has 4 nitrogen and oxygen atoms in total. The zero-order valence-corrected chi connectivity index (χ0v) is 8.47. The molecule has 1 aromatic carbocycles. The maximum atomic E-state index is 10.5. The number of fused-ring (bicyclic) bond motifs is 1. The smallest absolute Gasteiger partial charge is 0.293 e. The Morgan fingerprint density at radius 2 is 2.27 bits per heavy atom. The molecule has 0 saturated heterocycles. The van der Waals surface area contributed by atoms with E-state index in [2.05, 4.69) is 16.8 Å². The number of carbonyl (C=O) groups excluding carboxylic acids is 1. The van der Waals surface area contributed by atoms with E-state index in [-0.39, 0.29) is 0 Å². The van der Waals surface area contributed by atoms with E-state index in [1.54, 1.807) is 6.07 Å². The van der Waals surface area contributed by atoms with Crippen LogP contribution in [0.2, 0.25) is 0 Å². The molecular weight excluding hydrogens is 210 g/mol. The lowest BCUT2D eigenvalue weighted by molar-refractivity contribution is -0.112. The van der Waals surface area contributed by atoms with Gasteiger partial charge in [0.15, 0.2) is 5.13 Å². The minimum atomic E-state index is -0.657. The van der Waals surface area contributed by atoms with Crippen molar-refractivity contribution >= 4 is 32.6 Å². The van der Waals surface area contributed by atoms with Gasteiger partial charge in [-0.15, -0.1) is 0 Å². The van der Waals surface area contributed by atoms with Crippen LogP contribution in [0.5, 0.6) is 0 Å². The molecule has 1 aromatic heterocycles. The van der Waals surface area contributed by atoms with Crippen LogP contribution in [-0.2, 0) is 4.79 Å². The maximum absolute atomic E-state index is 10.5. The lowest BCUT2D eigenvalue weighted by Gasteiger charge is -1.90. The average molecular weight is 217 g/mol. The molecule has 1 amide bonds. The van der Waals surface area contributed by atoms with Gasteiger partial charge in [0, 0.05) is 5.92 Å². The minimum Gasteiger partial charge on any atom is -0.375 e. The predicted molar refractivity (Wildman–Crippen MR) is 60.1 cm³/mol. The van der Waals surface area contributed by atoms with Crippen molar-refractivity contribution in [2.24, 2.45) is 5.73 Å². The number of anilines is 1. The number of nitrogen functional groups attached to an aromatic ring is 1. The second-order valence-electron chi connectivity index (χ2n) is 2.82. The van der Waals surface area contributed by atoms with Crippen molar-refractivity contribution < 1.29 is 4.79 Å². The van der Waals surface area contributed by atoms with E-state index in [1.165, 1.54) is 11.3 Å². The molecular formula is C10H7N3OS. The molecule has 74 valence electrons. The molecule has 5 heteroatoms. The Balaban J connectivity index is 2.62. The topological polar surface area (TPSA) is 82.0 Å². The molecule has 0 bridgehead atoms. The van der Waals surface area contributed by atoms with Gasteiger partial charge in [0.1, 0.15) is 0 Å². The van der Waals surface area contributed by atoms with Gasteiger partial charge in [-0.2, -0.15) is 0 Å². The van der Waals surface area contributed by atoms with Gasteiger partial charge in [0.05, 0.1) is 15.8 Å². The molecule has 0 aliphatic carbocycles. The van der Waals surface area contributed by atoms with Gasteiger partial charge in [0.25, 0.3) is 5.91 Å². The van der Waals surface area contributed by atoms with Crippen LogP contribution >= 0.6 is 11.3 Å². The number of hydrogen-bond acceptors (Lipinski definition) is 4. The normalized spacial score (nSPS) is 9.60. The lowest BCUT2D eigenvalue weighted by atomic mass is 10.2. The van der Waals surface area contributed by atoms with Gasteiger partial charge in [-0.3, -0.25) is 4.79 Å². The van der Waals surface area contributed by atoms with Crippen LogP contribution < -0.4 is 11.5 Å². The van der Waals surface area contributed by atoms with Crippen molar-refractivity contribution in [1.82, 2.24) is 4.98 Å². The molecule has 0 saturated carbocycles. The molecule has 0 unspecified atom stereocenters. The fourth-order valence-corrected chi connectivity index (χ4v) is 1.96. The number of aromatic nitrogens is 1. The molecule has 0 aliphatic rings. The van der Waals surface area contributed by atoms with Crippen LogP contribution in [-0.4, -0.2) is 10.9 Å². The van der Waals surface area contributed by atoms with Gasteiger partial charge in [-0.05, 0) is 12.1 Å². The first-order valence-electron chi connectivity index (χ1n) is 4.13. The number of nitrogens with zero attached hydrogens (tertiary/aromatic N) is 1. The first-order chi connectivity index (χ1) is 7.16. The number of benzene rings is 1. The molecule has 4 N–H and O–H groups in total. The Morgan fingerprint density at radius 3 is 3.00 bits per heavy atom. The minimum absolute atomic E-state index is 0.485. The molecule has 2 rings (SSSR count). The Bertz CT molecular complexity index is 591. The lowest BCUT2D eigenvalue weighted by Crippen LogP contribution is -2.06. The van der Waals surface area contributed by atoms with Gasteiger partial charge >= 0.3 is 0 Å². The van der Waals surface area contributed by atoms with Crippen LogP contribution in [0.4, 0.5) is 5.13 Å². The molecule has 0 spiro atoms. The summed E-state index contributed by atoms with van der Waals surface area (Å²) in [6, 6.07) is 5.52. The molecule has 0 aliphatic heterocycles. The summed E-state index contributed by atoms with van der Waals surface area (Å²) >= 11 is 1.38. The SMILES string of the molecule is NC(=O)C#Cc1cccc2sc(N)nc12. The van der Waals surface area contributed by atoms with Crippen molar-refractivity contribution in [3.8, 4) is 11.8 Å². The van der Waals surface area contributed by atoms with Gasteiger partial charge < -0.3 is 11.5 Å². The summed E-state index contributed by atoms with van der Waals surface area (Å²) < 4.78 is 0.948. The van der Waals surface area contributed by atoms with E-state index in [0.717, 1.165) is 4.70 Å². The van der Waals surface area contributed by atoms with Crippen molar-refractivity contribution in [2.45, 2.75) is 0 Å². The highest BCUT2D eigenvalue weighted by molar-refractivity contribution is 7.22. The Labute approximate surface area is 89.9 Å². The highest BCUT2D eigenvalue weighted by Gasteiger charge is 2.03. The molecule has 0 atom stereocenters. The highest BCUT2D eigenvalue weighted by atomic mass is 32.1. The van der Waals surface area contributed by atoms with Crippen LogP contribution in [0, 0.1) is 11.8 Å². The van der Waals surface area contributed by atoms with E-state index in [1.807, 2.05) is 12.1 Å². The largest absolute Gasteiger partial charge is 0.375 e. The quantitative estimate of drug-likeness (QED) is 0.638. The molecule has 15 heavy (non-hydrogen) atoms. The van der Waals surface area contributed by atoms with Crippen molar-refractivity contribution in [3.05, 3.63) is 23.8 Å². The fourth-order valence-electron chi connectivity index (χ4n) is 1.20. The summed E-state index contributed by atoms with van der Waals surface area (Å²) in [4.78, 5) is 14.7. The maximum Gasteiger partial charge on any atom is 0.293 e. The van der Waals surface area contributed by atoms with Crippen molar-refractivity contribution in [2.75, 3.05) is 5.73 Å². The fraction of sp³-hybridized carbons (Fsp3) is 0. The summed E-state index contributed by atoms with van der Waals surface area (Å²) in [5.41, 5.74) is 11.9. The van der Waals surface area contributed by atoms with E-state index in [9.17, 15) is 4.79 Å². The molecule has 2 aromatic rings. The molecule has 1 heterocycles. The number of para-hydroxylation sites is 1. The summed E-state index contributed by atoms with van der Waals surface area (Å²) in [7, 11) is 0. The number of thiazole rings is 1. The Morgan fingerprint density at radius 1 is 1.47 bits per heavy atom. The number of rotatable bonds is 0. The summed E-state index contributed by atoms with van der Waals surface area (Å²) in [5.74, 6) is 4.28. The summed E-state index contributed by atoms with van der Waals surface area (Å²) in [6.45, 7) is 0. The monoisotopic (exact) mass is 217 g/mol. The second kappa shape index (κ2) is 3.59. The van der Waals surface area contributed by atoms with E-state index in [4.69, 9.17) is 11.5 Å². The predicted octanol–water partition coefficient (Wildman–Crippen LogP) is 0.715. The first-order valence-corrected chi connectivity index (χ1v) is 4.95. The van der Waals surface area contributed by atoms with Gasteiger partial charge in [-0.25, -0.2) is 4.98 Å². The average Bonchev–Trinajstić information content (AvgIpc) is 2.55. The number of primary amides is 1. The van der Waals surface area contributed by atoms with Crippen molar-refractivity contribution in [1.29, 1.82) is 0 Å². The van der Waals surface area contributed by atoms with Crippen LogP contribution in [0.15, 0.2) is 18.2 Å². The van der Waals surface area contributed by atoms with Crippen LogP contribution in [0.25, 0.3) is 10.2 Å². The van der Waals surface area contributed by atoms with Gasteiger partial charge in [-0.1, -0.05) is 23.3 Å². The Hall–Kier alpha value is -2.06. The third-order valence-corrected chi connectivity index (χ3v) is 2.61. The standard InChI is InChI=1S/C10H7N3OS/c11-8(14)5-4-6-2-1-3-7-9(6)13-10(12)15-7/h1-3H,(H2,11,14)(H2,12,13). The number of carbonyl (C=O) groups is 1. The number of nitrogens with two attached hydrogens (primary N) is 2. The third-order valence-electron chi connectivity index (χ3n) is 1.76.